The monoisotopic (exact) mass is 428 g/mol. The van der Waals surface area contributed by atoms with Crippen LogP contribution in [0, 0.1) is 11.3 Å². The van der Waals surface area contributed by atoms with E-state index in [0.717, 1.165) is 12.6 Å². The molecule has 0 aromatic rings. The van der Waals surface area contributed by atoms with E-state index < -0.39 is 10.8 Å². The molecule has 0 saturated carbocycles. The molecular weight excluding hydrogens is 416 g/mol. The van der Waals surface area contributed by atoms with Crippen molar-refractivity contribution in [1.82, 2.24) is 0 Å². The zero-order chi connectivity index (χ0) is 15.6. The molecule has 9 heteroatoms. The predicted molar refractivity (Wildman–Crippen MR) is 84.9 cm³/mol. The zero-order valence-corrected chi connectivity index (χ0v) is 14.5. The summed E-state index contributed by atoms with van der Waals surface area (Å²) in [5.41, 5.74) is 0. The topological polar surface area (TPSA) is 96.6 Å². The van der Waals surface area contributed by atoms with Crippen molar-refractivity contribution < 1.29 is 18.2 Å². The van der Waals surface area contributed by atoms with E-state index in [0.29, 0.717) is 19.3 Å². The van der Waals surface area contributed by atoms with E-state index in [2.05, 4.69) is 40.4 Å². The molecule has 0 aromatic carbocycles. The summed E-state index contributed by atoms with van der Waals surface area (Å²) in [7, 11) is 0. The second kappa shape index (κ2) is 18.3. The molecule has 1 unspecified atom stereocenters. The first-order valence-electron chi connectivity index (χ1n) is 5.51. The Bertz CT molecular complexity index is 334. The Morgan fingerprint density at radius 1 is 1.50 bits per heavy atom. The third kappa shape index (κ3) is 17.3. The van der Waals surface area contributed by atoms with Gasteiger partial charge in [-0.15, -0.1) is 0 Å². The Labute approximate surface area is 139 Å². The van der Waals surface area contributed by atoms with E-state index in [1.54, 1.807) is 18.0 Å². The summed E-state index contributed by atoms with van der Waals surface area (Å²) < 4.78 is 7.88. The molecule has 1 aliphatic heterocycles. The molecule has 0 bridgehead atoms. The highest BCUT2D eigenvalue weighted by Crippen LogP contribution is 2.07. The molecule has 0 fully saturated rings. The number of rotatable bonds is 5. The molecule has 20 heavy (non-hydrogen) atoms. The van der Waals surface area contributed by atoms with Gasteiger partial charge in [0.2, 0.25) is 0 Å². The van der Waals surface area contributed by atoms with Crippen LogP contribution in [0.1, 0.15) is 25.7 Å². The van der Waals surface area contributed by atoms with E-state index in [9.17, 15) is 14.4 Å². The van der Waals surface area contributed by atoms with Crippen molar-refractivity contribution in [1.29, 1.82) is 5.26 Å². The molecule has 0 amide bonds. The lowest BCUT2D eigenvalue weighted by atomic mass is 10.3. The molecule has 1 rings (SSSR count). The number of hydrogen-bond acceptors (Lipinski definition) is 7. The van der Waals surface area contributed by atoms with Gasteiger partial charge >= 0.3 is 5.97 Å². The van der Waals surface area contributed by atoms with Gasteiger partial charge in [0.05, 0.1) is 6.07 Å². The molecule has 1 heterocycles. The molecule has 0 saturated heterocycles. The zero-order valence-electron chi connectivity index (χ0n) is 10.5. The van der Waals surface area contributed by atoms with Gasteiger partial charge in [0.25, 0.3) is 0 Å². The number of unbranched alkanes of at least 4 members (excludes halogenated alkanes) is 2. The van der Waals surface area contributed by atoms with Gasteiger partial charge < -0.3 is 13.4 Å². The number of alkyl halides is 1. The Hall–Kier alpha value is -0.720. The highest BCUT2D eigenvalue weighted by Gasteiger charge is 2.13. The summed E-state index contributed by atoms with van der Waals surface area (Å²) in [5, 5.41) is 8.02. The third-order valence-electron chi connectivity index (χ3n) is 1.53. The Balaban J connectivity index is 0. The second-order valence-corrected chi connectivity index (χ2v) is 5.18. The number of nitrogens with zero attached hydrogens (tertiary/aromatic N) is 2. The maximum absolute atomic E-state index is 10.2. The van der Waals surface area contributed by atoms with E-state index in [1.807, 2.05) is 6.21 Å². The van der Waals surface area contributed by atoms with E-state index in [-0.39, 0.29) is 0 Å². The number of aldehydes is 2. The van der Waals surface area contributed by atoms with Crippen LogP contribution in [0.5, 0.6) is 0 Å². The van der Waals surface area contributed by atoms with Crippen LogP contribution in [0.2, 0.25) is 0 Å². The fraction of sp³-hybridized carbons (Fsp3) is 0.545. The molecule has 0 aliphatic carbocycles. The average Bonchev–Trinajstić information content (AvgIpc) is 3.06. The molecule has 112 valence electrons. The van der Waals surface area contributed by atoms with Crippen LogP contribution in [0.3, 0.4) is 0 Å². The van der Waals surface area contributed by atoms with Crippen LogP contribution >= 0.6 is 44.1 Å². The number of halogens is 2. The quantitative estimate of drug-likeness (QED) is 0.288. The summed E-state index contributed by atoms with van der Waals surface area (Å²) >= 11 is 6.81. The highest BCUT2D eigenvalue weighted by molar-refractivity contribution is 9.10. The van der Waals surface area contributed by atoms with Crippen LogP contribution in [0.4, 0.5) is 0 Å². The van der Waals surface area contributed by atoms with Gasteiger partial charge in [0, 0.05) is 24.8 Å². The van der Waals surface area contributed by atoms with Crippen LogP contribution in [-0.4, -0.2) is 35.3 Å². The molecular formula is C11H14Br2N2O4S. The van der Waals surface area contributed by atoms with E-state index >= 15 is 0 Å². The number of carbonyl (C=O) groups is 3. The van der Waals surface area contributed by atoms with E-state index in [1.165, 1.54) is 12.2 Å². The first-order valence-corrected chi connectivity index (χ1v) is 8.01. The largest absolute Gasteiger partial charge is 0.382 e. The minimum absolute atomic E-state index is 0.513. The molecule has 6 nitrogen and oxygen atoms in total. The smallest absolute Gasteiger partial charge is 0.345 e. The summed E-state index contributed by atoms with van der Waals surface area (Å²) in [6.07, 6.45) is 6.49. The molecule has 1 atom stereocenters. The van der Waals surface area contributed by atoms with Crippen LogP contribution in [-0.2, 0) is 18.2 Å². The third-order valence-corrected chi connectivity index (χ3v) is 3.14. The van der Waals surface area contributed by atoms with Crippen molar-refractivity contribution in [3.63, 3.8) is 0 Å². The highest BCUT2D eigenvalue weighted by atomic mass is 79.9. The van der Waals surface area contributed by atoms with Crippen LogP contribution in [0.15, 0.2) is 4.40 Å². The summed E-state index contributed by atoms with van der Waals surface area (Å²) in [6, 6.07) is 1.63. The SMILES string of the molecule is C1=NSCC1.N#CC(Br)C(=O)OBr.O=CCCCC=O. The predicted octanol–water partition coefficient (Wildman–Crippen LogP) is 2.79. The van der Waals surface area contributed by atoms with Crippen molar-refractivity contribution in [2.24, 2.45) is 4.40 Å². The van der Waals surface area contributed by atoms with Gasteiger partial charge in [-0.1, -0.05) is 15.9 Å². The molecule has 0 aromatic heterocycles. The Morgan fingerprint density at radius 2 is 2.10 bits per heavy atom. The van der Waals surface area contributed by atoms with Gasteiger partial charge in [-0.2, -0.15) is 5.26 Å². The van der Waals surface area contributed by atoms with Crippen molar-refractivity contribution in [2.75, 3.05) is 5.75 Å². The minimum Gasteiger partial charge on any atom is -0.382 e. The second-order valence-electron chi connectivity index (χ2n) is 3.06. The van der Waals surface area contributed by atoms with Crippen LogP contribution in [0.25, 0.3) is 0 Å². The van der Waals surface area contributed by atoms with Crippen LogP contribution < -0.4 is 0 Å². The van der Waals surface area contributed by atoms with Crippen molar-refractivity contribution >= 4 is 68.9 Å². The Kier molecular flexibility index (Phi) is 19.7. The number of carbonyl (C=O) groups excluding carboxylic acids is 3. The average molecular weight is 430 g/mol. The van der Waals surface area contributed by atoms with Gasteiger partial charge in [-0.05, 0) is 24.8 Å². The minimum atomic E-state index is -0.873. The maximum atomic E-state index is 10.2. The maximum Gasteiger partial charge on any atom is 0.345 e. The van der Waals surface area contributed by atoms with E-state index in [4.69, 9.17) is 5.26 Å². The Morgan fingerprint density at radius 3 is 2.30 bits per heavy atom. The summed E-state index contributed by atoms with van der Waals surface area (Å²) in [6.45, 7) is 0. The van der Waals surface area contributed by atoms with Gasteiger partial charge in [0.15, 0.2) is 21.1 Å². The van der Waals surface area contributed by atoms with Crippen molar-refractivity contribution in [3.8, 4) is 6.07 Å². The standard InChI is InChI=1S/C5H8O2.C3HBr2NO2.C3H5NS/c6-4-2-1-3-5-7;4-2(1-6)3(7)8-5;1-2-4-5-3-1/h4-5H,1-3H2;2H;2H,1,3H2. The lowest BCUT2D eigenvalue weighted by Crippen LogP contribution is -2.09. The van der Waals surface area contributed by atoms with Gasteiger partial charge in [-0.3, -0.25) is 0 Å². The summed E-state index contributed by atoms with van der Waals surface area (Å²) in [4.78, 5) is 28.5. The molecule has 0 radical (unpaired) electrons. The number of hydrogen-bond donors (Lipinski definition) is 0. The normalized spacial score (nSPS) is 12.7. The lowest BCUT2D eigenvalue weighted by molar-refractivity contribution is -0.130. The molecule has 0 N–H and O–H groups in total. The molecule has 1 aliphatic rings. The lowest BCUT2D eigenvalue weighted by Gasteiger charge is -1.90. The fourth-order valence-electron chi connectivity index (χ4n) is 0.640. The number of nitriles is 1. The first-order chi connectivity index (χ1) is 9.63. The van der Waals surface area contributed by atoms with Gasteiger partial charge in [0.1, 0.15) is 12.6 Å². The fourth-order valence-corrected chi connectivity index (χ4v) is 1.70. The summed E-state index contributed by atoms with van der Waals surface area (Å²) in [5.74, 6) is 0.549. The molecule has 0 spiro atoms. The first kappa shape index (κ1) is 21.6. The van der Waals surface area contributed by atoms with Crippen molar-refractivity contribution in [2.45, 2.75) is 30.5 Å². The van der Waals surface area contributed by atoms with Crippen molar-refractivity contribution in [3.05, 3.63) is 0 Å². The van der Waals surface area contributed by atoms with Gasteiger partial charge in [-0.25, -0.2) is 9.19 Å².